The van der Waals surface area contributed by atoms with E-state index in [0.29, 0.717) is 0 Å². The molecule has 6 heteroatoms. The number of halogens is 3. The highest BCUT2D eigenvalue weighted by Crippen LogP contribution is 2.33. The molecule has 0 bridgehead atoms. The Hall–Kier alpha value is -1.85. The summed E-state index contributed by atoms with van der Waals surface area (Å²) >= 11 is 0. The van der Waals surface area contributed by atoms with E-state index in [4.69, 9.17) is 0 Å². The van der Waals surface area contributed by atoms with E-state index in [1.807, 2.05) is 0 Å². The van der Waals surface area contributed by atoms with Crippen LogP contribution in [-0.2, 0) is 0 Å². The molecule has 1 aromatic rings. The van der Waals surface area contributed by atoms with E-state index in [9.17, 15) is 23.3 Å². The number of rotatable bonds is 2. The van der Waals surface area contributed by atoms with E-state index in [1.165, 1.54) is 30.3 Å². The Balaban J connectivity index is 3.20. The van der Waals surface area contributed by atoms with Crippen LogP contribution in [0.15, 0.2) is 36.5 Å². The Kier molecular flexibility index (Phi) is 3.08. The SMILES string of the molecule is O=[N+]([O-])/C=C(/c1ccccc1)C(F)(F)F. The summed E-state index contributed by atoms with van der Waals surface area (Å²) in [7, 11) is 0. The van der Waals surface area contributed by atoms with Crippen LogP contribution in [0.25, 0.3) is 5.57 Å². The predicted molar refractivity (Wildman–Crippen MR) is 47.5 cm³/mol. The monoisotopic (exact) mass is 217 g/mol. The minimum atomic E-state index is -4.73. The Labute approximate surface area is 83.0 Å². The number of alkyl halides is 3. The third-order valence-electron chi connectivity index (χ3n) is 1.62. The van der Waals surface area contributed by atoms with Gasteiger partial charge in [0.1, 0.15) is 5.57 Å². The van der Waals surface area contributed by atoms with Crippen molar-refractivity contribution in [2.45, 2.75) is 6.18 Å². The van der Waals surface area contributed by atoms with Crippen molar-refractivity contribution in [1.29, 1.82) is 0 Å². The number of benzene rings is 1. The maximum atomic E-state index is 12.4. The molecule has 80 valence electrons. The second-order valence-electron chi connectivity index (χ2n) is 2.69. The fourth-order valence-electron chi connectivity index (χ4n) is 1.03. The fourth-order valence-corrected chi connectivity index (χ4v) is 1.03. The van der Waals surface area contributed by atoms with Gasteiger partial charge in [0.05, 0.1) is 4.92 Å². The molecule has 0 aromatic heterocycles. The molecular weight excluding hydrogens is 211 g/mol. The third-order valence-corrected chi connectivity index (χ3v) is 1.62. The van der Waals surface area contributed by atoms with E-state index in [2.05, 4.69) is 0 Å². The van der Waals surface area contributed by atoms with Gasteiger partial charge in [0, 0.05) is 0 Å². The van der Waals surface area contributed by atoms with E-state index >= 15 is 0 Å². The van der Waals surface area contributed by atoms with Crippen molar-refractivity contribution in [3.63, 3.8) is 0 Å². The van der Waals surface area contributed by atoms with E-state index < -0.39 is 16.7 Å². The summed E-state index contributed by atoms with van der Waals surface area (Å²) in [5.41, 5.74) is -1.48. The summed E-state index contributed by atoms with van der Waals surface area (Å²) < 4.78 is 37.2. The Morgan fingerprint density at radius 2 is 1.80 bits per heavy atom. The lowest BCUT2D eigenvalue weighted by molar-refractivity contribution is -0.402. The average molecular weight is 217 g/mol. The van der Waals surface area contributed by atoms with Crippen LogP contribution in [-0.4, -0.2) is 11.1 Å². The molecule has 0 atom stereocenters. The van der Waals surface area contributed by atoms with Crippen LogP contribution in [0, 0.1) is 10.1 Å². The zero-order valence-corrected chi connectivity index (χ0v) is 7.36. The van der Waals surface area contributed by atoms with Gasteiger partial charge in [-0.15, -0.1) is 0 Å². The first-order valence-electron chi connectivity index (χ1n) is 3.89. The van der Waals surface area contributed by atoms with E-state index in [1.54, 1.807) is 0 Å². The first-order chi connectivity index (χ1) is 6.91. The number of hydrogen-bond donors (Lipinski definition) is 0. The number of nitro groups is 1. The quantitative estimate of drug-likeness (QED) is 0.564. The summed E-state index contributed by atoms with van der Waals surface area (Å²) in [4.78, 5) is 8.94. The lowest BCUT2D eigenvalue weighted by Gasteiger charge is -2.08. The largest absolute Gasteiger partial charge is 0.422 e. The van der Waals surface area contributed by atoms with Gasteiger partial charge in [0.25, 0.3) is 0 Å². The van der Waals surface area contributed by atoms with Crippen LogP contribution in [0.4, 0.5) is 13.2 Å². The average Bonchev–Trinajstić information content (AvgIpc) is 2.14. The standard InChI is InChI=1S/C9H6F3NO2/c10-9(11,12)8(6-13(14)15)7-4-2-1-3-5-7/h1-6H/b8-6-. The van der Waals surface area contributed by atoms with E-state index in [-0.39, 0.29) is 11.8 Å². The normalized spacial score (nSPS) is 12.6. The molecule has 0 radical (unpaired) electrons. The zero-order valence-electron chi connectivity index (χ0n) is 7.36. The molecule has 0 aliphatic rings. The molecule has 0 spiro atoms. The molecule has 0 unspecified atom stereocenters. The molecule has 0 N–H and O–H groups in total. The van der Waals surface area contributed by atoms with Crippen molar-refractivity contribution in [3.8, 4) is 0 Å². The van der Waals surface area contributed by atoms with Gasteiger partial charge in [-0.2, -0.15) is 13.2 Å². The first-order valence-corrected chi connectivity index (χ1v) is 3.89. The lowest BCUT2D eigenvalue weighted by atomic mass is 10.1. The zero-order chi connectivity index (χ0) is 11.5. The van der Waals surface area contributed by atoms with Gasteiger partial charge in [-0.3, -0.25) is 10.1 Å². The number of nitrogens with zero attached hydrogens (tertiary/aromatic N) is 1. The highest BCUT2D eigenvalue weighted by molar-refractivity contribution is 5.68. The lowest BCUT2D eigenvalue weighted by Crippen LogP contribution is -2.12. The topological polar surface area (TPSA) is 43.1 Å². The van der Waals surface area contributed by atoms with Gasteiger partial charge in [-0.25, -0.2) is 0 Å². The number of hydrogen-bond acceptors (Lipinski definition) is 2. The maximum absolute atomic E-state index is 12.4. The smallest absolute Gasteiger partial charge is 0.259 e. The Bertz CT molecular complexity index is 384. The van der Waals surface area contributed by atoms with Gasteiger partial charge < -0.3 is 0 Å². The Morgan fingerprint density at radius 1 is 1.27 bits per heavy atom. The molecular formula is C9H6F3NO2. The van der Waals surface area contributed by atoms with Crippen LogP contribution in [0.2, 0.25) is 0 Å². The second-order valence-corrected chi connectivity index (χ2v) is 2.69. The van der Waals surface area contributed by atoms with Crippen LogP contribution in [0.3, 0.4) is 0 Å². The molecule has 0 saturated carbocycles. The van der Waals surface area contributed by atoms with Crippen molar-refractivity contribution >= 4 is 5.57 Å². The van der Waals surface area contributed by atoms with Crippen molar-refractivity contribution in [2.75, 3.05) is 0 Å². The first kappa shape index (κ1) is 11.2. The maximum Gasteiger partial charge on any atom is 0.422 e. The molecule has 15 heavy (non-hydrogen) atoms. The molecule has 0 heterocycles. The highest BCUT2D eigenvalue weighted by Gasteiger charge is 2.37. The summed E-state index contributed by atoms with van der Waals surface area (Å²) in [5.74, 6) is 0. The van der Waals surface area contributed by atoms with Crippen LogP contribution >= 0.6 is 0 Å². The Morgan fingerprint density at radius 3 is 2.20 bits per heavy atom. The predicted octanol–water partition coefficient (Wildman–Crippen LogP) is 2.87. The molecule has 0 aliphatic carbocycles. The van der Waals surface area contributed by atoms with Crippen LogP contribution in [0.1, 0.15) is 5.56 Å². The van der Waals surface area contributed by atoms with Gasteiger partial charge in [-0.1, -0.05) is 30.3 Å². The van der Waals surface area contributed by atoms with Crippen LogP contribution in [0.5, 0.6) is 0 Å². The van der Waals surface area contributed by atoms with E-state index in [0.717, 1.165) is 0 Å². The molecule has 0 aliphatic heterocycles. The summed E-state index contributed by atoms with van der Waals surface area (Å²) in [5, 5.41) is 10.1. The van der Waals surface area contributed by atoms with Crippen molar-refractivity contribution in [2.24, 2.45) is 0 Å². The molecule has 0 fully saturated rings. The van der Waals surface area contributed by atoms with Gasteiger partial charge in [0.15, 0.2) is 0 Å². The van der Waals surface area contributed by atoms with Crippen LogP contribution < -0.4 is 0 Å². The summed E-state index contributed by atoms with van der Waals surface area (Å²) in [6.45, 7) is 0. The van der Waals surface area contributed by atoms with Crippen molar-refractivity contribution in [1.82, 2.24) is 0 Å². The molecule has 0 amide bonds. The molecule has 1 aromatic carbocycles. The highest BCUT2D eigenvalue weighted by atomic mass is 19.4. The minimum Gasteiger partial charge on any atom is -0.259 e. The molecule has 3 nitrogen and oxygen atoms in total. The fraction of sp³-hybridized carbons (Fsp3) is 0.111. The van der Waals surface area contributed by atoms with Gasteiger partial charge in [0.2, 0.25) is 6.20 Å². The van der Waals surface area contributed by atoms with Crippen molar-refractivity contribution in [3.05, 3.63) is 52.2 Å². The minimum absolute atomic E-state index is 0.0324. The second kappa shape index (κ2) is 4.12. The van der Waals surface area contributed by atoms with Gasteiger partial charge >= 0.3 is 6.18 Å². The summed E-state index contributed by atoms with van der Waals surface area (Å²) in [6.07, 6.45) is -4.76. The molecule has 1 rings (SSSR count). The van der Waals surface area contributed by atoms with Gasteiger partial charge in [-0.05, 0) is 5.56 Å². The summed E-state index contributed by atoms with van der Waals surface area (Å²) in [6, 6.07) is 6.64. The molecule has 0 saturated heterocycles. The van der Waals surface area contributed by atoms with Crippen molar-refractivity contribution < 1.29 is 18.1 Å². The third kappa shape index (κ3) is 3.08. The number of allylic oxidation sites excluding steroid dienone is 1.